The summed E-state index contributed by atoms with van der Waals surface area (Å²) in [6.45, 7) is 7.58. The Bertz CT molecular complexity index is 949. The second-order valence-electron chi connectivity index (χ2n) is 8.03. The van der Waals surface area contributed by atoms with Crippen LogP contribution in [0.5, 0.6) is 5.75 Å². The SMILES string of the molecule is Cc1cc(O)cc(C)c1C(N)CC(=O)NC(C)(C)CNC(=O)C#Cc1ccccc1. The number of benzene rings is 2. The highest BCUT2D eigenvalue weighted by Gasteiger charge is 2.23. The molecular weight excluding hydrogens is 378 g/mol. The highest BCUT2D eigenvalue weighted by molar-refractivity contribution is 5.94. The fourth-order valence-corrected chi connectivity index (χ4v) is 3.31. The lowest BCUT2D eigenvalue weighted by atomic mass is 9.93. The number of phenols is 1. The van der Waals surface area contributed by atoms with Crippen molar-refractivity contribution in [3.63, 3.8) is 0 Å². The van der Waals surface area contributed by atoms with E-state index in [1.165, 1.54) is 0 Å². The van der Waals surface area contributed by atoms with Crippen molar-refractivity contribution in [2.75, 3.05) is 6.54 Å². The minimum Gasteiger partial charge on any atom is -0.508 e. The molecule has 0 aliphatic carbocycles. The third-order valence-electron chi connectivity index (χ3n) is 4.62. The van der Waals surface area contributed by atoms with Gasteiger partial charge in [-0.25, -0.2) is 0 Å². The Morgan fingerprint density at radius 2 is 1.73 bits per heavy atom. The average Bonchev–Trinajstić information content (AvgIpc) is 2.64. The van der Waals surface area contributed by atoms with E-state index in [9.17, 15) is 14.7 Å². The molecule has 1 unspecified atom stereocenters. The van der Waals surface area contributed by atoms with Crippen LogP contribution in [0.1, 0.15) is 48.6 Å². The number of nitrogens with two attached hydrogens (primary N) is 1. The van der Waals surface area contributed by atoms with Crippen LogP contribution in [0, 0.1) is 25.7 Å². The Balaban J connectivity index is 1.89. The third kappa shape index (κ3) is 6.94. The van der Waals surface area contributed by atoms with Crippen molar-refractivity contribution < 1.29 is 14.7 Å². The summed E-state index contributed by atoms with van der Waals surface area (Å²) >= 11 is 0. The molecule has 0 saturated heterocycles. The lowest BCUT2D eigenvalue weighted by Gasteiger charge is -2.27. The van der Waals surface area contributed by atoms with Crippen molar-refractivity contribution in [2.45, 2.75) is 45.7 Å². The Morgan fingerprint density at radius 1 is 1.13 bits per heavy atom. The summed E-state index contributed by atoms with van der Waals surface area (Å²) in [5.41, 5.74) is 8.88. The molecule has 0 spiro atoms. The van der Waals surface area contributed by atoms with Crippen LogP contribution in [0.2, 0.25) is 0 Å². The maximum atomic E-state index is 12.5. The summed E-state index contributed by atoms with van der Waals surface area (Å²) in [6.07, 6.45) is 0.0949. The number of carbonyl (C=O) groups excluding carboxylic acids is 2. The van der Waals surface area contributed by atoms with E-state index in [-0.39, 0.29) is 24.6 Å². The number of hydrogen-bond acceptors (Lipinski definition) is 4. The van der Waals surface area contributed by atoms with E-state index in [0.717, 1.165) is 22.3 Å². The maximum absolute atomic E-state index is 12.5. The largest absolute Gasteiger partial charge is 0.508 e. The predicted octanol–water partition coefficient (Wildman–Crippen LogP) is 2.46. The molecule has 0 aliphatic rings. The van der Waals surface area contributed by atoms with Crippen LogP contribution < -0.4 is 16.4 Å². The molecule has 0 saturated carbocycles. The molecule has 0 aliphatic heterocycles. The monoisotopic (exact) mass is 407 g/mol. The lowest BCUT2D eigenvalue weighted by Crippen LogP contribution is -2.51. The Hall–Kier alpha value is -3.30. The van der Waals surface area contributed by atoms with E-state index in [2.05, 4.69) is 22.5 Å². The molecule has 6 nitrogen and oxygen atoms in total. The first-order chi connectivity index (χ1) is 14.1. The summed E-state index contributed by atoms with van der Waals surface area (Å²) < 4.78 is 0. The van der Waals surface area contributed by atoms with Gasteiger partial charge < -0.3 is 21.5 Å². The van der Waals surface area contributed by atoms with Gasteiger partial charge >= 0.3 is 0 Å². The van der Waals surface area contributed by atoms with Gasteiger partial charge in [-0.2, -0.15) is 0 Å². The van der Waals surface area contributed by atoms with Crippen molar-refractivity contribution in [1.82, 2.24) is 10.6 Å². The van der Waals surface area contributed by atoms with E-state index in [0.29, 0.717) is 0 Å². The molecule has 0 radical (unpaired) electrons. The molecule has 30 heavy (non-hydrogen) atoms. The normalized spacial score (nSPS) is 11.8. The minimum absolute atomic E-state index is 0.0949. The zero-order chi connectivity index (χ0) is 22.3. The van der Waals surface area contributed by atoms with Gasteiger partial charge in [0.25, 0.3) is 5.91 Å². The van der Waals surface area contributed by atoms with Gasteiger partial charge in [0, 0.05) is 30.5 Å². The number of aryl methyl sites for hydroxylation is 2. The molecule has 5 N–H and O–H groups in total. The number of hydrogen-bond donors (Lipinski definition) is 4. The summed E-state index contributed by atoms with van der Waals surface area (Å²) in [5.74, 6) is 4.89. The lowest BCUT2D eigenvalue weighted by molar-refractivity contribution is -0.123. The summed E-state index contributed by atoms with van der Waals surface area (Å²) in [7, 11) is 0. The average molecular weight is 408 g/mol. The molecule has 0 aromatic heterocycles. The Morgan fingerprint density at radius 3 is 2.33 bits per heavy atom. The van der Waals surface area contributed by atoms with Crippen LogP contribution in [-0.2, 0) is 9.59 Å². The van der Waals surface area contributed by atoms with Gasteiger partial charge in [-0.15, -0.1) is 0 Å². The molecule has 6 heteroatoms. The fraction of sp³-hybridized carbons (Fsp3) is 0.333. The molecule has 1 atom stereocenters. The van der Waals surface area contributed by atoms with Crippen LogP contribution in [0.15, 0.2) is 42.5 Å². The number of phenolic OH excluding ortho intramolecular Hbond substituents is 1. The van der Waals surface area contributed by atoms with Crippen molar-refractivity contribution >= 4 is 11.8 Å². The van der Waals surface area contributed by atoms with Gasteiger partial charge in [-0.05, 0) is 68.7 Å². The smallest absolute Gasteiger partial charge is 0.296 e. The fourth-order valence-electron chi connectivity index (χ4n) is 3.31. The van der Waals surface area contributed by atoms with Crippen LogP contribution in [-0.4, -0.2) is 29.0 Å². The van der Waals surface area contributed by atoms with Gasteiger partial charge in [0.05, 0.1) is 5.54 Å². The molecule has 0 fully saturated rings. The van der Waals surface area contributed by atoms with Gasteiger partial charge in [0.2, 0.25) is 5.91 Å². The van der Waals surface area contributed by atoms with Crippen LogP contribution >= 0.6 is 0 Å². The number of aromatic hydroxyl groups is 1. The first-order valence-electron chi connectivity index (χ1n) is 9.79. The van der Waals surface area contributed by atoms with Crippen LogP contribution in [0.25, 0.3) is 0 Å². The topological polar surface area (TPSA) is 104 Å². The van der Waals surface area contributed by atoms with Crippen molar-refractivity contribution in [3.05, 3.63) is 64.7 Å². The van der Waals surface area contributed by atoms with E-state index in [1.807, 2.05) is 58.0 Å². The van der Waals surface area contributed by atoms with Crippen molar-refractivity contribution in [3.8, 4) is 17.6 Å². The number of rotatable bonds is 6. The quantitative estimate of drug-likeness (QED) is 0.552. The molecule has 0 heterocycles. The first kappa shape index (κ1) is 23.0. The first-order valence-corrected chi connectivity index (χ1v) is 9.79. The van der Waals surface area contributed by atoms with Gasteiger partial charge in [0.1, 0.15) is 5.75 Å². The second kappa shape index (κ2) is 9.95. The molecule has 158 valence electrons. The predicted molar refractivity (Wildman–Crippen MR) is 118 cm³/mol. The number of nitrogens with one attached hydrogen (secondary N) is 2. The van der Waals surface area contributed by atoms with Crippen LogP contribution in [0.3, 0.4) is 0 Å². The van der Waals surface area contributed by atoms with Gasteiger partial charge in [-0.3, -0.25) is 9.59 Å². The van der Waals surface area contributed by atoms with Crippen LogP contribution in [0.4, 0.5) is 0 Å². The standard InChI is InChI=1S/C24H29N3O3/c1-16-12-19(28)13-17(2)23(16)20(25)14-22(30)27-24(3,4)15-26-21(29)11-10-18-8-6-5-7-9-18/h5-9,12-13,20,28H,14-15,25H2,1-4H3,(H,26,29)(H,27,30). The summed E-state index contributed by atoms with van der Waals surface area (Å²) in [4.78, 5) is 24.5. The van der Waals surface area contributed by atoms with E-state index < -0.39 is 17.5 Å². The molecule has 2 aromatic carbocycles. The van der Waals surface area contributed by atoms with Gasteiger partial charge in [-0.1, -0.05) is 24.1 Å². The highest BCUT2D eigenvalue weighted by Crippen LogP contribution is 2.26. The maximum Gasteiger partial charge on any atom is 0.296 e. The zero-order valence-corrected chi connectivity index (χ0v) is 17.9. The van der Waals surface area contributed by atoms with Crippen molar-refractivity contribution in [1.29, 1.82) is 0 Å². The number of amides is 2. The second-order valence-corrected chi connectivity index (χ2v) is 8.03. The molecule has 2 aromatic rings. The van der Waals surface area contributed by atoms with Crippen molar-refractivity contribution in [2.24, 2.45) is 5.73 Å². The minimum atomic E-state index is -0.667. The Labute approximate surface area is 177 Å². The third-order valence-corrected chi connectivity index (χ3v) is 4.62. The molecular formula is C24H29N3O3. The molecule has 0 bridgehead atoms. The summed E-state index contributed by atoms with van der Waals surface area (Å²) in [6, 6.07) is 12.0. The Kier molecular flexibility index (Phi) is 7.62. The number of carbonyl (C=O) groups is 2. The van der Waals surface area contributed by atoms with E-state index in [4.69, 9.17) is 5.73 Å². The molecule has 2 amide bonds. The highest BCUT2D eigenvalue weighted by atomic mass is 16.3. The van der Waals surface area contributed by atoms with E-state index >= 15 is 0 Å². The molecule has 2 rings (SSSR count). The zero-order valence-electron chi connectivity index (χ0n) is 17.9. The summed E-state index contributed by atoms with van der Waals surface area (Å²) in [5, 5.41) is 15.3. The van der Waals surface area contributed by atoms with E-state index in [1.54, 1.807) is 12.1 Å². The van der Waals surface area contributed by atoms with Gasteiger partial charge in [0.15, 0.2) is 0 Å².